The maximum atomic E-state index is 12.3. The van der Waals surface area contributed by atoms with Gasteiger partial charge in [-0.25, -0.2) is 9.36 Å². The van der Waals surface area contributed by atoms with E-state index in [1.165, 1.54) is 4.68 Å². The maximum absolute atomic E-state index is 12.3. The molecule has 1 N–H and O–H groups in total. The minimum absolute atomic E-state index is 0.0981. The van der Waals surface area contributed by atoms with Crippen LogP contribution in [0.2, 0.25) is 10.0 Å². The number of hydrogen-bond acceptors (Lipinski definition) is 5. The van der Waals surface area contributed by atoms with Gasteiger partial charge in [-0.2, -0.15) is 10.2 Å². The van der Waals surface area contributed by atoms with Gasteiger partial charge in [-0.3, -0.25) is 4.79 Å². The van der Waals surface area contributed by atoms with Gasteiger partial charge in [0.1, 0.15) is 12.5 Å². The van der Waals surface area contributed by atoms with Gasteiger partial charge in [-0.05, 0) is 31.2 Å². The predicted molar refractivity (Wildman–Crippen MR) is 101 cm³/mol. The van der Waals surface area contributed by atoms with E-state index in [4.69, 9.17) is 32.7 Å². The molecule has 2 heterocycles. The molecule has 0 aliphatic carbocycles. The van der Waals surface area contributed by atoms with Crippen molar-refractivity contribution < 1.29 is 14.3 Å². The lowest BCUT2D eigenvalue weighted by Crippen LogP contribution is -2.14. The van der Waals surface area contributed by atoms with Crippen LogP contribution >= 0.6 is 23.2 Å². The van der Waals surface area contributed by atoms with Gasteiger partial charge in [0.2, 0.25) is 0 Å². The Hall–Kier alpha value is -2.55. The summed E-state index contributed by atoms with van der Waals surface area (Å²) < 4.78 is 13.9. The van der Waals surface area contributed by atoms with Crippen LogP contribution in [0, 0.1) is 0 Å². The molecule has 0 saturated carbocycles. The summed E-state index contributed by atoms with van der Waals surface area (Å²) in [4.78, 5) is 12.3. The van der Waals surface area contributed by atoms with Crippen molar-refractivity contribution in [2.75, 3.05) is 11.9 Å². The van der Waals surface area contributed by atoms with Gasteiger partial charge in [0.15, 0.2) is 12.4 Å². The van der Waals surface area contributed by atoms with E-state index < -0.39 is 0 Å². The normalized spacial score (nSPS) is 10.8. The fraction of sp³-hybridized carbons (Fsp3) is 0.235. The summed E-state index contributed by atoms with van der Waals surface area (Å²) in [5.41, 5.74) is 0.803. The van der Waals surface area contributed by atoms with Gasteiger partial charge >= 0.3 is 0 Å². The molecular formula is C17H17Cl2N5O3. The van der Waals surface area contributed by atoms with E-state index in [1.54, 1.807) is 47.5 Å². The summed E-state index contributed by atoms with van der Waals surface area (Å²) in [5, 5.41) is 11.9. The van der Waals surface area contributed by atoms with Crippen LogP contribution in [-0.2, 0) is 18.2 Å². The Kier molecular flexibility index (Phi) is 6.33. The Morgan fingerprint density at radius 2 is 2.07 bits per heavy atom. The van der Waals surface area contributed by atoms with E-state index in [0.29, 0.717) is 34.8 Å². The quantitative estimate of drug-likeness (QED) is 0.613. The fourth-order valence-electron chi connectivity index (χ4n) is 2.16. The smallest absolute Gasteiger partial charge is 0.276 e. The zero-order chi connectivity index (χ0) is 19.2. The lowest BCUT2D eigenvalue weighted by atomic mass is 10.3. The van der Waals surface area contributed by atoms with Crippen molar-refractivity contribution >= 4 is 34.8 Å². The van der Waals surface area contributed by atoms with Crippen LogP contribution in [0.1, 0.15) is 17.4 Å². The number of carbonyl (C=O) groups excluding carboxylic acids is 1. The second-order valence-corrected chi connectivity index (χ2v) is 6.28. The van der Waals surface area contributed by atoms with Crippen molar-refractivity contribution in [1.29, 1.82) is 0 Å². The Balaban J connectivity index is 1.56. The third-order valence-electron chi connectivity index (χ3n) is 3.44. The van der Waals surface area contributed by atoms with E-state index in [2.05, 4.69) is 15.5 Å². The molecule has 0 unspecified atom stereocenters. The average molecular weight is 410 g/mol. The van der Waals surface area contributed by atoms with Crippen LogP contribution in [0.5, 0.6) is 5.75 Å². The van der Waals surface area contributed by atoms with Gasteiger partial charge in [0.25, 0.3) is 5.91 Å². The minimum atomic E-state index is -0.353. The first kappa shape index (κ1) is 19.2. The molecule has 1 amide bonds. The summed E-state index contributed by atoms with van der Waals surface area (Å²) in [5.74, 6) is 0.124. The molecule has 0 bridgehead atoms. The Labute approximate surface area is 165 Å². The number of nitrogens with zero attached hydrogens (tertiary/aromatic N) is 4. The highest BCUT2D eigenvalue weighted by atomic mass is 35.5. The van der Waals surface area contributed by atoms with E-state index in [-0.39, 0.29) is 18.3 Å². The molecule has 3 rings (SSSR count). The number of amides is 1. The van der Waals surface area contributed by atoms with E-state index in [9.17, 15) is 4.79 Å². The zero-order valence-corrected chi connectivity index (χ0v) is 15.9. The molecule has 10 heteroatoms. The van der Waals surface area contributed by atoms with E-state index in [1.807, 2.05) is 6.92 Å². The van der Waals surface area contributed by atoms with Gasteiger partial charge in [0, 0.05) is 17.8 Å². The topological polar surface area (TPSA) is 83.2 Å². The first-order valence-electron chi connectivity index (χ1n) is 8.08. The van der Waals surface area contributed by atoms with Gasteiger partial charge in [-0.1, -0.05) is 23.2 Å². The monoisotopic (exact) mass is 409 g/mol. The minimum Gasteiger partial charge on any atom is -0.470 e. The first-order valence-corrected chi connectivity index (χ1v) is 8.83. The van der Waals surface area contributed by atoms with Crippen LogP contribution in [0.15, 0.2) is 42.9 Å². The molecule has 8 nitrogen and oxygen atoms in total. The summed E-state index contributed by atoms with van der Waals surface area (Å²) in [6, 6.07) is 6.52. The van der Waals surface area contributed by atoms with Gasteiger partial charge in [-0.15, -0.1) is 0 Å². The number of nitrogens with one attached hydrogen (secondary N) is 1. The second kappa shape index (κ2) is 8.90. The molecule has 3 aromatic rings. The third kappa shape index (κ3) is 5.22. The predicted octanol–water partition coefficient (Wildman–Crippen LogP) is 3.67. The Morgan fingerprint density at radius 1 is 1.22 bits per heavy atom. The van der Waals surface area contributed by atoms with E-state index >= 15 is 0 Å². The number of halogens is 2. The summed E-state index contributed by atoms with van der Waals surface area (Å²) in [6.07, 6.45) is 4.85. The molecule has 0 radical (unpaired) electrons. The molecule has 0 saturated heterocycles. The van der Waals surface area contributed by atoms with Crippen LogP contribution in [-0.4, -0.2) is 32.1 Å². The highest BCUT2D eigenvalue weighted by Crippen LogP contribution is 2.27. The number of benzene rings is 1. The highest BCUT2D eigenvalue weighted by molar-refractivity contribution is 6.35. The van der Waals surface area contributed by atoms with Crippen LogP contribution in [0.25, 0.3) is 0 Å². The number of carbonyl (C=O) groups is 1. The first-order chi connectivity index (χ1) is 13.0. The van der Waals surface area contributed by atoms with Crippen molar-refractivity contribution in [3.63, 3.8) is 0 Å². The molecule has 27 heavy (non-hydrogen) atoms. The summed E-state index contributed by atoms with van der Waals surface area (Å²) in [7, 11) is 0. The lowest BCUT2D eigenvalue weighted by molar-refractivity contribution is 0.0792. The Bertz CT molecular complexity index is 925. The molecule has 1 aromatic carbocycles. The van der Waals surface area contributed by atoms with Gasteiger partial charge < -0.3 is 14.8 Å². The highest BCUT2D eigenvalue weighted by Gasteiger charge is 2.12. The van der Waals surface area contributed by atoms with Gasteiger partial charge in [0.05, 0.1) is 23.1 Å². The Morgan fingerprint density at radius 3 is 2.85 bits per heavy atom. The van der Waals surface area contributed by atoms with Crippen molar-refractivity contribution in [2.24, 2.45) is 0 Å². The summed E-state index contributed by atoms with van der Waals surface area (Å²) in [6.45, 7) is 2.90. The molecule has 0 aliphatic heterocycles. The fourth-order valence-corrected chi connectivity index (χ4v) is 2.62. The SMILES string of the molecule is CCOCn1cc(NC(=O)c2ccn(COc3ccc(Cl)cc3Cl)n2)cn1. The van der Waals surface area contributed by atoms with Crippen LogP contribution < -0.4 is 10.1 Å². The zero-order valence-electron chi connectivity index (χ0n) is 14.4. The molecule has 142 valence electrons. The van der Waals surface area contributed by atoms with Crippen LogP contribution in [0.4, 0.5) is 5.69 Å². The molecule has 0 aliphatic rings. The number of hydrogen-bond donors (Lipinski definition) is 1. The number of rotatable bonds is 8. The van der Waals surface area contributed by atoms with E-state index in [0.717, 1.165) is 0 Å². The van der Waals surface area contributed by atoms with Crippen molar-refractivity contribution in [2.45, 2.75) is 20.4 Å². The van der Waals surface area contributed by atoms with Crippen molar-refractivity contribution in [3.05, 3.63) is 58.6 Å². The molecule has 0 atom stereocenters. The summed E-state index contributed by atoms with van der Waals surface area (Å²) >= 11 is 11.9. The van der Waals surface area contributed by atoms with Crippen molar-refractivity contribution in [1.82, 2.24) is 19.6 Å². The number of anilines is 1. The number of aromatic nitrogens is 4. The molecule has 0 spiro atoms. The molecule has 2 aromatic heterocycles. The lowest BCUT2D eigenvalue weighted by Gasteiger charge is -2.08. The molecule has 0 fully saturated rings. The largest absolute Gasteiger partial charge is 0.470 e. The van der Waals surface area contributed by atoms with Crippen molar-refractivity contribution in [3.8, 4) is 5.75 Å². The second-order valence-electron chi connectivity index (χ2n) is 5.43. The van der Waals surface area contributed by atoms with Crippen LogP contribution in [0.3, 0.4) is 0 Å². The molecular weight excluding hydrogens is 393 g/mol. The average Bonchev–Trinajstić information content (AvgIpc) is 3.28. The maximum Gasteiger partial charge on any atom is 0.276 e. The number of ether oxygens (including phenoxy) is 2. The standard InChI is InChI=1S/C17H17Cl2N5O3/c1-2-26-10-24-9-13(8-20-24)21-17(25)15-5-6-23(22-15)11-27-16-4-3-12(18)7-14(16)19/h3-9H,2,10-11H2,1H3,(H,21,25). The third-order valence-corrected chi connectivity index (χ3v) is 3.97.